The predicted octanol–water partition coefficient (Wildman–Crippen LogP) is 12.0. The summed E-state index contributed by atoms with van der Waals surface area (Å²) in [5, 5.41) is 0. The number of para-hydroxylation sites is 1. The smallest absolute Gasteiger partial charge is 0.0468 e. The second-order valence-electron chi connectivity index (χ2n) is 11.7. The lowest BCUT2D eigenvalue weighted by molar-refractivity contribution is 1.20. The highest BCUT2D eigenvalue weighted by molar-refractivity contribution is 5.91. The van der Waals surface area contributed by atoms with Gasteiger partial charge < -0.3 is 4.90 Å². The summed E-state index contributed by atoms with van der Waals surface area (Å²) in [5.74, 6) is 0. The van der Waals surface area contributed by atoms with Crippen molar-refractivity contribution in [2.45, 2.75) is 26.7 Å². The molecule has 0 radical (unpaired) electrons. The van der Waals surface area contributed by atoms with Gasteiger partial charge in [0.1, 0.15) is 0 Å². The molecule has 218 valence electrons. The van der Waals surface area contributed by atoms with Gasteiger partial charge in [-0.25, -0.2) is 0 Å². The van der Waals surface area contributed by atoms with Gasteiger partial charge in [-0.1, -0.05) is 127 Å². The van der Waals surface area contributed by atoms with Crippen LogP contribution in [0.25, 0.3) is 33.4 Å². The van der Waals surface area contributed by atoms with Crippen molar-refractivity contribution in [2.75, 3.05) is 4.90 Å². The van der Waals surface area contributed by atoms with Crippen LogP contribution in [0.5, 0.6) is 0 Å². The monoisotopic (exact) mass is 579 g/mol. The van der Waals surface area contributed by atoms with Gasteiger partial charge in [0, 0.05) is 17.1 Å². The van der Waals surface area contributed by atoms with E-state index >= 15 is 0 Å². The summed E-state index contributed by atoms with van der Waals surface area (Å²) < 4.78 is 0. The Bertz CT molecular complexity index is 2030. The largest absolute Gasteiger partial charge is 0.310 e. The number of aryl methyl sites for hydroxylation is 1. The molecule has 0 saturated heterocycles. The maximum atomic E-state index is 2.40. The van der Waals surface area contributed by atoms with Gasteiger partial charge in [-0.15, -0.1) is 0 Å². The lowest BCUT2D eigenvalue weighted by Gasteiger charge is -2.27. The molecule has 0 atom stereocenters. The van der Waals surface area contributed by atoms with Crippen molar-refractivity contribution in [1.29, 1.82) is 0 Å². The third kappa shape index (κ3) is 5.66. The van der Waals surface area contributed by atoms with Crippen LogP contribution in [0.1, 0.15) is 29.2 Å². The molecule has 0 N–H and O–H groups in total. The van der Waals surface area contributed by atoms with Gasteiger partial charge in [-0.05, 0) is 119 Å². The third-order valence-corrected chi connectivity index (χ3v) is 8.84. The molecule has 0 aliphatic heterocycles. The molecular weight excluding hydrogens is 542 g/mol. The number of allylic oxidation sites excluding steroid dienone is 4. The first-order chi connectivity index (χ1) is 22.2. The zero-order valence-corrected chi connectivity index (χ0v) is 25.9. The molecule has 0 spiro atoms. The van der Waals surface area contributed by atoms with Crippen LogP contribution < -0.4 is 4.90 Å². The highest BCUT2D eigenvalue weighted by Gasteiger charge is 2.22. The van der Waals surface area contributed by atoms with Crippen LogP contribution in [0.3, 0.4) is 0 Å². The fourth-order valence-electron chi connectivity index (χ4n) is 6.61. The van der Waals surface area contributed by atoms with Crippen molar-refractivity contribution in [2.24, 2.45) is 0 Å². The Morgan fingerprint density at radius 2 is 1.11 bits per heavy atom. The Morgan fingerprint density at radius 3 is 1.89 bits per heavy atom. The first kappa shape index (κ1) is 28.4. The highest BCUT2D eigenvalue weighted by Crippen LogP contribution is 2.44. The molecule has 1 heteroatoms. The maximum absolute atomic E-state index is 2.40. The SMILES string of the molecule is C/C=C\C=C/Cc1ccccc1-c1cc(N(c2ccccc2)c2ccc3c(c2)-c2ccccc2-c2ccccc2C3)ccc1C. The number of nitrogens with zero attached hydrogens (tertiary/aromatic N) is 1. The Labute approximate surface area is 267 Å². The van der Waals surface area contributed by atoms with E-state index in [1.54, 1.807) is 0 Å². The molecule has 6 aromatic rings. The number of rotatable bonds is 7. The second-order valence-corrected chi connectivity index (χ2v) is 11.7. The summed E-state index contributed by atoms with van der Waals surface area (Å²) in [7, 11) is 0. The molecule has 1 aliphatic carbocycles. The molecule has 0 unspecified atom stereocenters. The second kappa shape index (κ2) is 12.7. The minimum atomic E-state index is 0.888. The van der Waals surface area contributed by atoms with E-state index in [-0.39, 0.29) is 0 Å². The van der Waals surface area contributed by atoms with Crippen LogP contribution in [0.4, 0.5) is 17.1 Å². The molecule has 0 heterocycles. The van der Waals surface area contributed by atoms with E-state index in [2.05, 4.69) is 176 Å². The van der Waals surface area contributed by atoms with Gasteiger partial charge in [-0.3, -0.25) is 0 Å². The summed E-state index contributed by atoms with van der Waals surface area (Å²) in [5.41, 5.74) is 16.5. The number of benzene rings is 6. The zero-order chi connectivity index (χ0) is 30.6. The van der Waals surface area contributed by atoms with Crippen molar-refractivity contribution in [1.82, 2.24) is 0 Å². The maximum Gasteiger partial charge on any atom is 0.0468 e. The fraction of sp³-hybridized carbons (Fsp3) is 0.0909. The van der Waals surface area contributed by atoms with Crippen molar-refractivity contribution in [3.63, 3.8) is 0 Å². The fourth-order valence-corrected chi connectivity index (χ4v) is 6.61. The van der Waals surface area contributed by atoms with Gasteiger partial charge in [0.05, 0.1) is 0 Å². The van der Waals surface area contributed by atoms with Crippen LogP contribution in [-0.2, 0) is 12.8 Å². The summed E-state index contributed by atoms with van der Waals surface area (Å²) in [6.45, 7) is 4.27. The van der Waals surface area contributed by atoms with Crippen molar-refractivity contribution in [3.8, 4) is 33.4 Å². The van der Waals surface area contributed by atoms with Crippen molar-refractivity contribution in [3.05, 3.63) is 186 Å². The average molecular weight is 580 g/mol. The lowest BCUT2D eigenvalue weighted by Crippen LogP contribution is -2.11. The minimum absolute atomic E-state index is 0.888. The summed E-state index contributed by atoms with van der Waals surface area (Å²) in [4.78, 5) is 2.40. The molecule has 0 bridgehead atoms. The Balaban J connectivity index is 1.37. The number of anilines is 3. The van der Waals surface area contributed by atoms with Crippen molar-refractivity contribution >= 4 is 17.1 Å². The Morgan fingerprint density at radius 1 is 0.511 bits per heavy atom. The number of hydrogen-bond acceptors (Lipinski definition) is 1. The van der Waals surface area contributed by atoms with E-state index < -0.39 is 0 Å². The molecule has 0 fully saturated rings. The normalized spacial score (nSPS) is 12.0. The van der Waals surface area contributed by atoms with E-state index in [0.29, 0.717) is 0 Å². The van der Waals surface area contributed by atoms with Crippen LogP contribution in [-0.4, -0.2) is 0 Å². The Kier molecular flexibility index (Phi) is 8.00. The summed E-state index contributed by atoms with van der Waals surface area (Å²) in [6, 6.07) is 51.2. The molecule has 0 aromatic heterocycles. The van der Waals surface area contributed by atoms with Gasteiger partial charge in [0.15, 0.2) is 0 Å². The minimum Gasteiger partial charge on any atom is -0.310 e. The third-order valence-electron chi connectivity index (χ3n) is 8.84. The van der Waals surface area contributed by atoms with Crippen molar-refractivity contribution < 1.29 is 0 Å². The van der Waals surface area contributed by atoms with Crippen LogP contribution in [0.15, 0.2) is 164 Å². The van der Waals surface area contributed by atoms with E-state index in [0.717, 1.165) is 29.9 Å². The molecular formula is C44H37N. The first-order valence-corrected chi connectivity index (χ1v) is 15.8. The number of hydrogen-bond donors (Lipinski definition) is 0. The van der Waals surface area contributed by atoms with E-state index in [1.807, 2.05) is 6.92 Å². The quantitative estimate of drug-likeness (QED) is 0.170. The predicted molar refractivity (Wildman–Crippen MR) is 193 cm³/mol. The zero-order valence-electron chi connectivity index (χ0n) is 25.9. The van der Waals surface area contributed by atoms with E-state index in [4.69, 9.17) is 0 Å². The summed E-state index contributed by atoms with van der Waals surface area (Å²) >= 11 is 0. The molecule has 0 saturated carbocycles. The molecule has 7 rings (SSSR count). The summed E-state index contributed by atoms with van der Waals surface area (Å²) in [6.07, 6.45) is 10.3. The van der Waals surface area contributed by atoms with Crippen LogP contribution in [0, 0.1) is 6.92 Å². The molecule has 6 aromatic carbocycles. The molecule has 1 nitrogen and oxygen atoms in total. The van der Waals surface area contributed by atoms with Gasteiger partial charge in [0.2, 0.25) is 0 Å². The molecule has 1 aliphatic rings. The number of fused-ring (bicyclic) bond motifs is 5. The Hall–Kier alpha value is -5.40. The topological polar surface area (TPSA) is 3.24 Å². The molecule has 45 heavy (non-hydrogen) atoms. The molecule has 0 amide bonds. The van der Waals surface area contributed by atoms with E-state index in [9.17, 15) is 0 Å². The first-order valence-electron chi connectivity index (χ1n) is 15.8. The standard InChI is InChI=1S/C44H37N/c1-3-4-5-7-16-33-17-10-12-21-39(33)43-30-37(27-25-32(43)2)45(36-19-8-6-9-20-36)38-28-26-35-29-34-18-11-13-22-40(34)41-23-14-15-24-42(41)44(35)31-38/h3-15,17-28,30-31H,16,29H2,1-2H3/b4-3-,7-5-. The average Bonchev–Trinajstić information content (AvgIpc) is 3.23. The van der Waals surface area contributed by atoms with Gasteiger partial charge in [-0.2, -0.15) is 0 Å². The van der Waals surface area contributed by atoms with Crippen LogP contribution in [0.2, 0.25) is 0 Å². The van der Waals surface area contributed by atoms with E-state index in [1.165, 1.54) is 55.6 Å². The highest BCUT2D eigenvalue weighted by atomic mass is 15.1. The lowest BCUT2D eigenvalue weighted by atomic mass is 9.93. The van der Waals surface area contributed by atoms with Gasteiger partial charge >= 0.3 is 0 Å². The van der Waals surface area contributed by atoms with Crippen LogP contribution >= 0.6 is 0 Å². The van der Waals surface area contributed by atoms with Gasteiger partial charge in [0.25, 0.3) is 0 Å².